The van der Waals surface area contributed by atoms with Gasteiger partial charge in [0, 0.05) is 0 Å². The Morgan fingerprint density at radius 3 is 1.38 bits per heavy atom. The van der Waals surface area contributed by atoms with Gasteiger partial charge in [-0.15, -0.1) is 0 Å². The maximum Gasteiger partial charge on any atom is 0.244 e. The van der Waals surface area contributed by atoms with Crippen LogP contribution in [0.2, 0.25) is 0 Å². The number of unbranched alkanes of at least 4 members (excludes halogenated alkanes) is 22. The Bertz CT molecular complexity index is 700. The summed E-state index contributed by atoms with van der Waals surface area (Å²) >= 11 is 0. The average Bonchev–Trinajstić information content (AvgIpc) is 3.27. The summed E-state index contributed by atoms with van der Waals surface area (Å²) in [5.74, 6) is 0. The summed E-state index contributed by atoms with van der Waals surface area (Å²) in [5.41, 5.74) is 2.84. The van der Waals surface area contributed by atoms with Gasteiger partial charge in [0.15, 0.2) is 11.0 Å². The molecule has 1 heterocycles. The monoisotopic (exact) mass is 511 g/mol. The van der Waals surface area contributed by atoms with Gasteiger partial charge in [-0.05, 0) is 37.8 Å². The minimum atomic E-state index is 1.17. The third-order valence-corrected chi connectivity index (χ3v) is 8.28. The Labute approximate surface area is 231 Å². The van der Waals surface area contributed by atoms with Gasteiger partial charge in [0.05, 0.1) is 13.1 Å². The molecule has 0 spiro atoms. The van der Waals surface area contributed by atoms with Crippen molar-refractivity contribution in [2.24, 2.45) is 0 Å². The molecular formula is C35H63N2+. The van der Waals surface area contributed by atoms with Crippen molar-refractivity contribution in [1.82, 2.24) is 4.57 Å². The van der Waals surface area contributed by atoms with Gasteiger partial charge in [-0.1, -0.05) is 154 Å². The van der Waals surface area contributed by atoms with Crippen molar-refractivity contribution in [2.45, 2.75) is 181 Å². The molecule has 0 atom stereocenters. The fourth-order valence-corrected chi connectivity index (χ4v) is 5.85. The standard InChI is InChI=1S/C35H63N2/c1-3-5-7-9-11-13-15-17-19-21-23-27-31-36-33-37(35-30-26-25-29-34(35)36)32-28-24-22-20-18-16-14-12-10-8-6-4-2/h25-26,29-30,33H,3-24,27-28,31-32H2,1-2H3/q+1. The predicted molar refractivity (Wildman–Crippen MR) is 164 cm³/mol. The second-order valence-electron chi connectivity index (χ2n) is 11.8. The molecule has 0 bridgehead atoms. The van der Waals surface area contributed by atoms with Gasteiger partial charge >= 0.3 is 0 Å². The molecule has 0 fully saturated rings. The second kappa shape index (κ2) is 22.7. The molecule has 0 unspecified atom stereocenters. The normalized spacial score (nSPS) is 11.6. The van der Waals surface area contributed by atoms with Gasteiger partial charge in [0.2, 0.25) is 6.33 Å². The molecule has 1 aromatic carbocycles. The number of hydrogen-bond donors (Lipinski definition) is 0. The zero-order chi connectivity index (χ0) is 26.2. The molecule has 0 saturated carbocycles. The molecule has 1 aromatic heterocycles. The highest BCUT2D eigenvalue weighted by atomic mass is 15.1. The first-order chi connectivity index (χ1) is 18.4. The number of nitrogens with zero attached hydrogens (tertiary/aromatic N) is 2. The van der Waals surface area contributed by atoms with E-state index >= 15 is 0 Å². The Kier molecular flexibility index (Phi) is 19.5. The highest BCUT2D eigenvalue weighted by Gasteiger charge is 2.14. The molecular weight excluding hydrogens is 448 g/mol. The largest absolute Gasteiger partial charge is 0.244 e. The molecule has 0 aliphatic heterocycles. The molecule has 0 radical (unpaired) electrons. The van der Waals surface area contributed by atoms with E-state index in [1.165, 1.54) is 178 Å². The summed E-state index contributed by atoms with van der Waals surface area (Å²) in [5, 5.41) is 0. The first-order valence-electron chi connectivity index (χ1n) is 16.8. The molecule has 0 aliphatic carbocycles. The van der Waals surface area contributed by atoms with Gasteiger partial charge in [-0.2, -0.15) is 0 Å². The number of aromatic nitrogens is 2. The van der Waals surface area contributed by atoms with Crippen molar-refractivity contribution in [3.8, 4) is 0 Å². The molecule has 2 aromatic rings. The topological polar surface area (TPSA) is 8.81 Å². The van der Waals surface area contributed by atoms with Crippen LogP contribution in [0, 0.1) is 0 Å². The van der Waals surface area contributed by atoms with E-state index in [-0.39, 0.29) is 0 Å². The summed E-state index contributed by atoms with van der Waals surface area (Å²) in [6.45, 7) is 6.95. The highest BCUT2D eigenvalue weighted by molar-refractivity contribution is 5.71. The van der Waals surface area contributed by atoms with Gasteiger partial charge in [0.25, 0.3) is 0 Å². The Hall–Kier alpha value is -1.31. The lowest BCUT2D eigenvalue weighted by Gasteiger charge is -2.03. The van der Waals surface area contributed by atoms with Crippen LogP contribution in [-0.4, -0.2) is 4.57 Å². The average molecular weight is 512 g/mol. The van der Waals surface area contributed by atoms with Gasteiger partial charge in [-0.25, -0.2) is 9.13 Å². The van der Waals surface area contributed by atoms with E-state index in [1.54, 1.807) is 0 Å². The van der Waals surface area contributed by atoms with E-state index in [0.29, 0.717) is 0 Å². The SMILES string of the molecule is CCCCCCCCCCCCCCn1c[n+](CCCCCCCCCCCCCC)c2ccccc21. The number of benzene rings is 1. The lowest BCUT2D eigenvalue weighted by Crippen LogP contribution is -2.32. The molecule has 2 heteroatoms. The van der Waals surface area contributed by atoms with Crippen molar-refractivity contribution in [3.63, 3.8) is 0 Å². The van der Waals surface area contributed by atoms with Crippen molar-refractivity contribution in [2.75, 3.05) is 0 Å². The maximum absolute atomic E-state index is 2.52. The molecule has 2 nitrogen and oxygen atoms in total. The molecule has 37 heavy (non-hydrogen) atoms. The van der Waals surface area contributed by atoms with Crippen LogP contribution in [0.25, 0.3) is 11.0 Å². The highest BCUT2D eigenvalue weighted by Crippen LogP contribution is 2.16. The minimum Gasteiger partial charge on any atom is -0.230 e. The zero-order valence-electron chi connectivity index (χ0n) is 25.2. The summed E-state index contributed by atoms with van der Waals surface area (Å²) in [7, 11) is 0. The van der Waals surface area contributed by atoms with Crippen LogP contribution in [0.1, 0.15) is 168 Å². The lowest BCUT2D eigenvalue weighted by molar-refractivity contribution is -0.672. The van der Waals surface area contributed by atoms with Gasteiger partial charge in [0.1, 0.15) is 0 Å². The summed E-state index contributed by atoms with van der Waals surface area (Å²) < 4.78 is 5.04. The van der Waals surface area contributed by atoms with Crippen LogP contribution in [0.3, 0.4) is 0 Å². The second-order valence-corrected chi connectivity index (χ2v) is 11.8. The predicted octanol–water partition coefficient (Wildman–Crippen LogP) is 11.3. The number of hydrogen-bond acceptors (Lipinski definition) is 0. The lowest BCUT2D eigenvalue weighted by atomic mass is 10.1. The third-order valence-electron chi connectivity index (χ3n) is 8.28. The number of fused-ring (bicyclic) bond motifs is 1. The van der Waals surface area contributed by atoms with E-state index in [4.69, 9.17) is 0 Å². The summed E-state index contributed by atoms with van der Waals surface area (Å²) in [4.78, 5) is 0. The Balaban J connectivity index is 1.53. The first-order valence-corrected chi connectivity index (χ1v) is 16.8. The Morgan fingerprint density at radius 2 is 0.892 bits per heavy atom. The third kappa shape index (κ3) is 15.0. The van der Waals surface area contributed by atoms with Gasteiger partial charge < -0.3 is 0 Å². The molecule has 0 saturated heterocycles. The van der Waals surface area contributed by atoms with Crippen molar-refractivity contribution >= 4 is 11.0 Å². The molecule has 0 N–H and O–H groups in total. The number of para-hydroxylation sites is 2. The minimum absolute atomic E-state index is 1.17. The van der Waals surface area contributed by atoms with Crippen LogP contribution in [0.15, 0.2) is 30.6 Å². The van der Waals surface area contributed by atoms with Crippen LogP contribution in [0.5, 0.6) is 0 Å². The van der Waals surface area contributed by atoms with E-state index < -0.39 is 0 Å². The quantitative estimate of drug-likeness (QED) is 0.0877. The summed E-state index contributed by atoms with van der Waals surface area (Å²) in [6, 6.07) is 9.04. The van der Waals surface area contributed by atoms with Crippen LogP contribution < -0.4 is 4.57 Å². The molecule has 2 rings (SSSR count). The van der Waals surface area contributed by atoms with E-state index in [0.717, 1.165) is 0 Å². The van der Waals surface area contributed by atoms with E-state index in [9.17, 15) is 0 Å². The molecule has 212 valence electrons. The fraction of sp³-hybridized carbons (Fsp3) is 0.800. The number of imidazole rings is 1. The fourth-order valence-electron chi connectivity index (χ4n) is 5.85. The van der Waals surface area contributed by atoms with Crippen LogP contribution in [0.4, 0.5) is 0 Å². The van der Waals surface area contributed by atoms with E-state index in [1.807, 2.05) is 0 Å². The van der Waals surface area contributed by atoms with Gasteiger partial charge in [-0.3, -0.25) is 0 Å². The number of aryl methyl sites for hydroxylation is 2. The smallest absolute Gasteiger partial charge is 0.230 e. The van der Waals surface area contributed by atoms with Crippen molar-refractivity contribution < 1.29 is 4.57 Å². The first kappa shape index (κ1) is 31.9. The van der Waals surface area contributed by atoms with E-state index in [2.05, 4.69) is 53.6 Å². The number of rotatable bonds is 26. The van der Waals surface area contributed by atoms with Crippen molar-refractivity contribution in [3.05, 3.63) is 30.6 Å². The van der Waals surface area contributed by atoms with Crippen molar-refractivity contribution in [1.29, 1.82) is 0 Å². The summed E-state index contributed by atoms with van der Waals surface area (Å²) in [6.07, 6.45) is 36.5. The Morgan fingerprint density at radius 1 is 0.486 bits per heavy atom. The maximum atomic E-state index is 2.52. The zero-order valence-corrected chi connectivity index (χ0v) is 25.2. The van der Waals surface area contributed by atoms with Crippen LogP contribution >= 0.6 is 0 Å². The molecule has 0 amide bonds. The van der Waals surface area contributed by atoms with Crippen LogP contribution in [-0.2, 0) is 13.1 Å². The molecule has 0 aliphatic rings.